The minimum Gasteiger partial charge on any atom is -0.497 e. The molecule has 0 aliphatic heterocycles. The SMILES string of the molecule is COc1ccc(-n2c(CN(C)CCCOc3cccc(S(C)(=O)=O)c3)nc3ccccc32)cc1. The maximum Gasteiger partial charge on any atom is 0.175 e. The van der Waals surface area contributed by atoms with E-state index in [4.69, 9.17) is 14.5 Å². The fraction of sp³-hybridized carbons (Fsp3) is 0.269. The molecule has 4 rings (SSSR count). The molecule has 0 atom stereocenters. The highest BCUT2D eigenvalue weighted by molar-refractivity contribution is 7.90. The fourth-order valence-electron chi connectivity index (χ4n) is 3.84. The summed E-state index contributed by atoms with van der Waals surface area (Å²) in [6.45, 7) is 1.97. The van der Waals surface area contributed by atoms with Crippen molar-refractivity contribution >= 4 is 20.9 Å². The minimum atomic E-state index is -3.25. The Hall–Kier alpha value is -3.36. The summed E-state index contributed by atoms with van der Waals surface area (Å²) in [5.74, 6) is 2.33. The lowest BCUT2D eigenvalue weighted by Gasteiger charge is -2.18. The number of rotatable bonds is 10. The molecule has 7 nitrogen and oxygen atoms in total. The minimum absolute atomic E-state index is 0.263. The van der Waals surface area contributed by atoms with Crippen LogP contribution in [-0.4, -0.2) is 56.4 Å². The summed E-state index contributed by atoms with van der Waals surface area (Å²) in [5.41, 5.74) is 3.05. The van der Waals surface area contributed by atoms with Gasteiger partial charge in [-0.3, -0.25) is 9.47 Å². The summed E-state index contributed by atoms with van der Waals surface area (Å²) in [6, 6.07) is 22.7. The molecule has 34 heavy (non-hydrogen) atoms. The van der Waals surface area contributed by atoms with Gasteiger partial charge >= 0.3 is 0 Å². The van der Waals surface area contributed by atoms with Crippen molar-refractivity contribution in [3.8, 4) is 17.2 Å². The van der Waals surface area contributed by atoms with Crippen LogP contribution in [0, 0.1) is 0 Å². The summed E-state index contributed by atoms with van der Waals surface area (Å²) >= 11 is 0. The van der Waals surface area contributed by atoms with Gasteiger partial charge in [-0.15, -0.1) is 0 Å². The first-order valence-corrected chi connectivity index (χ1v) is 13.0. The predicted molar refractivity (Wildman–Crippen MR) is 134 cm³/mol. The Morgan fingerprint density at radius 2 is 1.74 bits per heavy atom. The highest BCUT2D eigenvalue weighted by Gasteiger charge is 2.14. The summed E-state index contributed by atoms with van der Waals surface area (Å²) in [4.78, 5) is 7.35. The Bertz CT molecular complexity index is 1360. The summed E-state index contributed by atoms with van der Waals surface area (Å²) < 4.78 is 36.7. The summed E-state index contributed by atoms with van der Waals surface area (Å²) in [5, 5.41) is 0. The van der Waals surface area contributed by atoms with Gasteiger partial charge < -0.3 is 9.47 Å². The number of sulfone groups is 1. The fourth-order valence-corrected chi connectivity index (χ4v) is 4.50. The lowest BCUT2D eigenvalue weighted by atomic mass is 10.2. The maximum absolute atomic E-state index is 11.7. The van der Waals surface area contributed by atoms with E-state index in [-0.39, 0.29) is 4.90 Å². The van der Waals surface area contributed by atoms with Gasteiger partial charge in [0.25, 0.3) is 0 Å². The molecule has 3 aromatic carbocycles. The first-order chi connectivity index (χ1) is 16.3. The van der Waals surface area contributed by atoms with Gasteiger partial charge in [-0.25, -0.2) is 13.4 Å². The average Bonchev–Trinajstić information content (AvgIpc) is 3.19. The molecule has 0 saturated carbocycles. The van der Waals surface area contributed by atoms with Crippen molar-refractivity contribution in [2.45, 2.75) is 17.9 Å². The smallest absolute Gasteiger partial charge is 0.175 e. The van der Waals surface area contributed by atoms with E-state index in [1.54, 1.807) is 31.4 Å². The van der Waals surface area contributed by atoms with Crippen molar-refractivity contribution < 1.29 is 17.9 Å². The number of fused-ring (bicyclic) bond motifs is 1. The van der Waals surface area contributed by atoms with Crippen LogP contribution in [0.15, 0.2) is 77.7 Å². The molecule has 178 valence electrons. The topological polar surface area (TPSA) is 73.7 Å². The van der Waals surface area contributed by atoms with Crippen molar-refractivity contribution in [1.29, 1.82) is 0 Å². The monoisotopic (exact) mass is 479 g/mol. The number of imidazole rings is 1. The third-order valence-electron chi connectivity index (χ3n) is 5.56. The second-order valence-corrected chi connectivity index (χ2v) is 10.3. The normalized spacial score (nSPS) is 11.8. The Morgan fingerprint density at radius 1 is 0.971 bits per heavy atom. The van der Waals surface area contributed by atoms with E-state index < -0.39 is 9.84 Å². The first kappa shape index (κ1) is 23.8. The molecule has 4 aromatic rings. The second kappa shape index (κ2) is 10.3. The molecule has 1 aromatic heterocycles. The Balaban J connectivity index is 1.41. The zero-order valence-corrected chi connectivity index (χ0v) is 20.5. The first-order valence-electron chi connectivity index (χ1n) is 11.1. The van der Waals surface area contributed by atoms with E-state index in [9.17, 15) is 8.42 Å². The quantitative estimate of drug-likeness (QED) is 0.315. The second-order valence-electron chi connectivity index (χ2n) is 8.24. The van der Waals surface area contributed by atoms with Crippen LogP contribution >= 0.6 is 0 Å². The lowest BCUT2D eigenvalue weighted by molar-refractivity contribution is 0.255. The van der Waals surface area contributed by atoms with Crippen LogP contribution in [0.4, 0.5) is 0 Å². The highest BCUT2D eigenvalue weighted by Crippen LogP contribution is 2.24. The molecule has 0 aliphatic carbocycles. The molecule has 0 aliphatic rings. The van der Waals surface area contributed by atoms with Crippen molar-refractivity contribution in [2.24, 2.45) is 0 Å². The van der Waals surface area contributed by atoms with Crippen LogP contribution in [-0.2, 0) is 16.4 Å². The molecule has 1 heterocycles. The van der Waals surface area contributed by atoms with E-state index in [1.165, 1.54) is 6.26 Å². The molecule has 0 spiro atoms. The molecule has 0 bridgehead atoms. The summed E-state index contributed by atoms with van der Waals surface area (Å²) in [7, 11) is 0.468. The van der Waals surface area contributed by atoms with Crippen LogP contribution in [0.25, 0.3) is 16.7 Å². The van der Waals surface area contributed by atoms with Gasteiger partial charge in [-0.1, -0.05) is 18.2 Å². The zero-order valence-electron chi connectivity index (χ0n) is 19.6. The van der Waals surface area contributed by atoms with E-state index in [0.717, 1.165) is 41.3 Å². The van der Waals surface area contributed by atoms with Crippen LogP contribution < -0.4 is 9.47 Å². The third kappa shape index (κ3) is 5.58. The Morgan fingerprint density at radius 3 is 2.47 bits per heavy atom. The Kier molecular flexibility index (Phi) is 7.19. The maximum atomic E-state index is 11.7. The van der Waals surface area contributed by atoms with Crippen molar-refractivity contribution in [2.75, 3.05) is 33.6 Å². The largest absolute Gasteiger partial charge is 0.497 e. The molecule has 0 saturated heterocycles. The van der Waals surface area contributed by atoms with E-state index in [0.29, 0.717) is 18.9 Å². The summed E-state index contributed by atoms with van der Waals surface area (Å²) in [6.07, 6.45) is 1.99. The van der Waals surface area contributed by atoms with Crippen molar-refractivity contribution in [3.63, 3.8) is 0 Å². The standard InChI is InChI=1S/C26H29N3O4S/c1-28(16-7-17-33-22-8-6-9-23(18-22)34(3,30)31)19-26-27-24-10-4-5-11-25(24)29(26)20-12-14-21(32-2)15-13-20/h4-6,8-15,18H,7,16-17,19H2,1-3H3. The predicted octanol–water partition coefficient (Wildman–Crippen LogP) is 4.34. The number of hydrogen-bond acceptors (Lipinski definition) is 6. The molecule has 0 radical (unpaired) electrons. The number of benzene rings is 3. The molecular weight excluding hydrogens is 450 g/mol. The van der Waals surface area contributed by atoms with Crippen LogP contribution in [0.1, 0.15) is 12.2 Å². The number of para-hydroxylation sites is 2. The van der Waals surface area contributed by atoms with E-state index in [2.05, 4.69) is 22.6 Å². The van der Waals surface area contributed by atoms with Crippen molar-refractivity contribution in [3.05, 3.63) is 78.6 Å². The number of methoxy groups -OCH3 is 1. The van der Waals surface area contributed by atoms with Gasteiger partial charge in [-0.05, 0) is 68.1 Å². The Labute approximate surface area is 200 Å². The average molecular weight is 480 g/mol. The molecule has 0 fully saturated rings. The molecular formula is C26H29N3O4S. The van der Waals surface area contributed by atoms with E-state index >= 15 is 0 Å². The van der Waals surface area contributed by atoms with Gasteiger partial charge in [0.1, 0.15) is 17.3 Å². The lowest BCUT2D eigenvalue weighted by Crippen LogP contribution is -2.22. The number of hydrogen-bond donors (Lipinski definition) is 0. The molecule has 8 heteroatoms. The number of nitrogens with zero attached hydrogens (tertiary/aromatic N) is 3. The van der Waals surface area contributed by atoms with Crippen LogP contribution in [0.3, 0.4) is 0 Å². The van der Waals surface area contributed by atoms with Gasteiger partial charge in [0.15, 0.2) is 9.84 Å². The van der Waals surface area contributed by atoms with Gasteiger partial charge in [0.2, 0.25) is 0 Å². The zero-order chi connectivity index (χ0) is 24.1. The third-order valence-corrected chi connectivity index (χ3v) is 6.67. The number of aromatic nitrogens is 2. The van der Waals surface area contributed by atoms with Gasteiger partial charge in [0, 0.05) is 18.5 Å². The number of ether oxygens (including phenoxy) is 2. The molecule has 0 amide bonds. The van der Waals surface area contributed by atoms with Gasteiger partial charge in [-0.2, -0.15) is 0 Å². The molecule has 0 unspecified atom stereocenters. The van der Waals surface area contributed by atoms with E-state index in [1.807, 2.05) is 42.5 Å². The molecule has 0 N–H and O–H groups in total. The van der Waals surface area contributed by atoms with Crippen LogP contribution in [0.2, 0.25) is 0 Å². The van der Waals surface area contributed by atoms with Crippen molar-refractivity contribution in [1.82, 2.24) is 14.5 Å². The van der Waals surface area contributed by atoms with Gasteiger partial charge in [0.05, 0.1) is 36.2 Å². The van der Waals surface area contributed by atoms with Crippen LogP contribution in [0.5, 0.6) is 11.5 Å². The highest BCUT2D eigenvalue weighted by atomic mass is 32.2.